The van der Waals surface area contributed by atoms with E-state index in [0.29, 0.717) is 0 Å². The summed E-state index contributed by atoms with van der Waals surface area (Å²) in [6.45, 7) is 10.1. The Morgan fingerprint density at radius 2 is 1.75 bits per heavy atom. The van der Waals surface area contributed by atoms with Gasteiger partial charge in [0.05, 0.1) is 10.2 Å². The Labute approximate surface area is 170 Å². The van der Waals surface area contributed by atoms with Crippen molar-refractivity contribution >= 4 is 38.3 Å². The van der Waals surface area contributed by atoms with Gasteiger partial charge in [-0.25, -0.2) is 4.98 Å². The average molecular weight is 394 g/mol. The summed E-state index contributed by atoms with van der Waals surface area (Å²) in [4.78, 5) is 19.9. The van der Waals surface area contributed by atoms with Crippen LogP contribution in [0.25, 0.3) is 10.2 Å². The molecule has 1 aliphatic heterocycles. The monoisotopic (exact) mass is 393 g/mol. The second-order valence-corrected chi connectivity index (χ2v) is 9.00. The molecule has 1 amide bonds. The van der Waals surface area contributed by atoms with Crippen LogP contribution < -0.4 is 10.2 Å². The lowest BCUT2D eigenvalue weighted by Crippen LogP contribution is -2.38. The Morgan fingerprint density at radius 1 is 1.04 bits per heavy atom. The van der Waals surface area contributed by atoms with Gasteiger partial charge < -0.3 is 10.2 Å². The van der Waals surface area contributed by atoms with Crippen molar-refractivity contribution in [2.75, 3.05) is 23.3 Å². The van der Waals surface area contributed by atoms with Gasteiger partial charge in [-0.1, -0.05) is 35.1 Å². The predicted molar refractivity (Wildman–Crippen MR) is 119 cm³/mol. The van der Waals surface area contributed by atoms with E-state index in [1.807, 2.05) is 19.1 Å². The number of nitrogens with zero attached hydrogens (tertiary/aromatic N) is 2. The number of anilines is 2. The highest BCUT2D eigenvalue weighted by Gasteiger charge is 2.27. The van der Waals surface area contributed by atoms with Gasteiger partial charge in [0.25, 0.3) is 0 Å². The SMILES string of the molecule is Cc1ccc(NC(=O)C2CCN(c3nc4c(C)cc(C)cc4s3)CC2)c(C)c1. The standard InChI is InChI=1S/C23H27N3OS/c1-14-5-6-19(16(3)11-14)24-22(27)18-7-9-26(10-8-18)23-25-21-17(4)12-15(2)13-20(21)28-23/h5-6,11-13,18H,7-10H2,1-4H3,(H,24,27). The van der Waals surface area contributed by atoms with E-state index in [0.717, 1.165) is 47.8 Å². The van der Waals surface area contributed by atoms with Crippen molar-refractivity contribution in [2.45, 2.75) is 40.5 Å². The third-order valence-corrected chi connectivity index (χ3v) is 6.66. The highest BCUT2D eigenvalue weighted by molar-refractivity contribution is 7.22. The van der Waals surface area contributed by atoms with Crippen molar-refractivity contribution in [2.24, 2.45) is 5.92 Å². The predicted octanol–water partition coefficient (Wildman–Crippen LogP) is 5.39. The molecule has 0 bridgehead atoms. The molecule has 146 valence electrons. The van der Waals surface area contributed by atoms with Crippen LogP contribution in [0.1, 0.15) is 35.1 Å². The number of piperidine rings is 1. The van der Waals surface area contributed by atoms with Crippen LogP contribution in [-0.2, 0) is 4.79 Å². The number of fused-ring (bicyclic) bond motifs is 1. The molecular formula is C23H27N3OS. The van der Waals surface area contributed by atoms with E-state index in [2.05, 4.69) is 49.2 Å². The van der Waals surface area contributed by atoms with Gasteiger partial charge in [-0.15, -0.1) is 0 Å². The van der Waals surface area contributed by atoms with Gasteiger partial charge in [0.15, 0.2) is 5.13 Å². The van der Waals surface area contributed by atoms with E-state index in [1.54, 1.807) is 11.3 Å². The zero-order valence-corrected chi connectivity index (χ0v) is 17.8. The molecule has 4 nitrogen and oxygen atoms in total. The maximum Gasteiger partial charge on any atom is 0.227 e. The number of nitrogens with one attached hydrogen (secondary N) is 1. The smallest absolute Gasteiger partial charge is 0.227 e. The normalized spacial score (nSPS) is 15.2. The second-order valence-electron chi connectivity index (χ2n) is 7.99. The van der Waals surface area contributed by atoms with Crippen LogP contribution in [0.3, 0.4) is 0 Å². The molecule has 0 radical (unpaired) electrons. The van der Waals surface area contributed by atoms with Crippen LogP contribution >= 0.6 is 11.3 Å². The summed E-state index contributed by atoms with van der Waals surface area (Å²) in [7, 11) is 0. The average Bonchev–Trinajstić information content (AvgIpc) is 3.08. The lowest BCUT2D eigenvalue weighted by Gasteiger charge is -2.31. The van der Waals surface area contributed by atoms with Crippen molar-refractivity contribution < 1.29 is 4.79 Å². The molecule has 0 atom stereocenters. The zero-order valence-electron chi connectivity index (χ0n) is 17.0. The minimum Gasteiger partial charge on any atom is -0.348 e. The Balaban J connectivity index is 1.41. The molecule has 0 aliphatic carbocycles. The molecule has 3 aromatic rings. The summed E-state index contributed by atoms with van der Waals surface area (Å²) in [5.41, 5.74) is 6.88. The molecule has 0 unspecified atom stereocenters. The van der Waals surface area contributed by atoms with E-state index < -0.39 is 0 Å². The van der Waals surface area contributed by atoms with Gasteiger partial charge in [0, 0.05) is 24.7 Å². The fraction of sp³-hybridized carbons (Fsp3) is 0.391. The number of thiazole rings is 1. The van der Waals surface area contributed by atoms with E-state index in [1.165, 1.54) is 21.4 Å². The van der Waals surface area contributed by atoms with Crippen LogP contribution in [-0.4, -0.2) is 24.0 Å². The lowest BCUT2D eigenvalue weighted by atomic mass is 9.96. The summed E-state index contributed by atoms with van der Waals surface area (Å²) in [5.74, 6) is 0.206. The molecule has 1 aliphatic rings. The summed E-state index contributed by atoms with van der Waals surface area (Å²) in [5, 5.41) is 4.21. The number of hydrogen-bond acceptors (Lipinski definition) is 4. The number of rotatable bonds is 3. The number of hydrogen-bond donors (Lipinski definition) is 1. The number of aryl methyl sites for hydroxylation is 4. The third-order valence-electron chi connectivity index (χ3n) is 5.59. The van der Waals surface area contributed by atoms with E-state index in [9.17, 15) is 4.79 Å². The molecule has 1 saturated heterocycles. The molecule has 1 aromatic heterocycles. The van der Waals surface area contributed by atoms with Crippen LogP contribution in [0.2, 0.25) is 0 Å². The van der Waals surface area contributed by atoms with Gasteiger partial charge >= 0.3 is 0 Å². The first-order valence-corrected chi connectivity index (χ1v) is 10.7. The van der Waals surface area contributed by atoms with E-state index in [4.69, 9.17) is 4.98 Å². The fourth-order valence-corrected chi connectivity index (χ4v) is 5.21. The quantitative estimate of drug-likeness (QED) is 0.649. The zero-order chi connectivity index (χ0) is 19.8. The maximum atomic E-state index is 12.7. The Morgan fingerprint density at radius 3 is 2.46 bits per heavy atom. The Bertz CT molecular complexity index is 1030. The largest absolute Gasteiger partial charge is 0.348 e. The number of aromatic nitrogens is 1. The van der Waals surface area contributed by atoms with Gasteiger partial charge in [0.1, 0.15) is 0 Å². The third kappa shape index (κ3) is 3.76. The number of amides is 1. The number of carbonyl (C=O) groups excluding carboxylic acids is 1. The molecular weight excluding hydrogens is 366 g/mol. The van der Waals surface area contributed by atoms with Gasteiger partial charge in [0.2, 0.25) is 5.91 Å². The van der Waals surface area contributed by atoms with Crippen LogP contribution in [0, 0.1) is 33.6 Å². The summed E-state index contributed by atoms with van der Waals surface area (Å²) >= 11 is 1.76. The topological polar surface area (TPSA) is 45.2 Å². The lowest BCUT2D eigenvalue weighted by molar-refractivity contribution is -0.120. The van der Waals surface area contributed by atoms with Gasteiger partial charge in [-0.3, -0.25) is 4.79 Å². The molecule has 2 aromatic carbocycles. The minimum absolute atomic E-state index is 0.0651. The number of carbonyl (C=O) groups is 1. The molecule has 0 saturated carbocycles. The molecule has 28 heavy (non-hydrogen) atoms. The van der Waals surface area contributed by atoms with Crippen LogP contribution in [0.15, 0.2) is 30.3 Å². The molecule has 1 fully saturated rings. The van der Waals surface area contributed by atoms with Crippen LogP contribution in [0.5, 0.6) is 0 Å². The Kier molecular flexibility index (Phi) is 5.11. The molecule has 0 spiro atoms. The van der Waals surface area contributed by atoms with Crippen molar-refractivity contribution in [1.29, 1.82) is 0 Å². The first-order valence-electron chi connectivity index (χ1n) is 9.91. The highest BCUT2D eigenvalue weighted by Crippen LogP contribution is 2.34. The molecule has 2 heterocycles. The maximum absolute atomic E-state index is 12.7. The Hall–Kier alpha value is -2.40. The summed E-state index contributed by atoms with van der Waals surface area (Å²) in [6, 6.07) is 10.6. The van der Waals surface area contributed by atoms with Gasteiger partial charge in [-0.2, -0.15) is 0 Å². The molecule has 4 rings (SSSR count). The number of benzene rings is 2. The second kappa shape index (κ2) is 7.55. The molecule has 5 heteroatoms. The van der Waals surface area contributed by atoms with Crippen molar-refractivity contribution in [1.82, 2.24) is 4.98 Å². The fourth-order valence-electron chi connectivity index (χ4n) is 4.02. The van der Waals surface area contributed by atoms with Crippen molar-refractivity contribution in [3.05, 3.63) is 52.6 Å². The van der Waals surface area contributed by atoms with Crippen molar-refractivity contribution in [3.8, 4) is 0 Å². The first kappa shape index (κ1) is 18.9. The summed E-state index contributed by atoms with van der Waals surface area (Å²) < 4.78 is 1.25. The minimum atomic E-state index is 0.0651. The molecule has 1 N–H and O–H groups in total. The first-order chi connectivity index (χ1) is 13.4. The van der Waals surface area contributed by atoms with Crippen molar-refractivity contribution in [3.63, 3.8) is 0 Å². The van der Waals surface area contributed by atoms with E-state index >= 15 is 0 Å². The van der Waals surface area contributed by atoms with Gasteiger partial charge in [-0.05, 0) is 69.4 Å². The van der Waals surface area contributed by atoms with E-state index in [-0.39, 0.29) is 11.8 Å². The highest BCUT2D eigenvalue weighted by atomic mass is 32.1. The van der Waals surface area contributed by atoms with Crippen LogP contribution in [0.4, 0.5) is 10.8 Å². The summed E-state index contributed by atoms with van der Waals surface area (Å²) in [6.07, 6.45) is 1.73.